The van der Waals surface area contributed by atoms with Gasteiger partial charge in [0.15, 0.2) is 9.84 Å². The fourth-order valence-corrected chi connectivity index (χ4v) is 2.99. The summed E-state index contributed by atoms with van der Waals surface area (Å²) >= 11 is 0. The van der Waals surface area contributed by atoms with Crippen LogP contribution < -0.4 is 10.2 Å². The van der Waals surface area contributed by atoms with Gasteiger partial charge in [-0.1, -0.05) is 18.2 Å². The van der Waals surface area contributed by atoms with Crippen LogP contribution in [0.3, 0.4) is 0 Å². The first-order chi connectivity index (χ1) is 9.80. The van der Waals surface area contributed by atoms with Crippen molar-refractivity contribution < 1.29 is 13.2 Å². The summed E-state index contributed by atoms with van der Waals surface area (Å²) < 4.78 is 22.7. The number of nitrogens with one attached hydrogen (secondary N) is 1. The summed E-state index contributed by atoms with van der Waals surface area (Å²) in [6.07, 6.45) is 2.09. The van der Waals surface area contributed by atoms with Crippen molar-refractivity contribution in [2.75, 3.05) is 24.2 Å². The third-order valence-electron chi connectivity index (χ3n) is 4.04. The van der Waals surface area contributed by atoms with Gasteiger partial charge in [0.05, 0.1) is 0 Å². The average molecular weight is 310 g/mol. The Hall–Kier alpha value is -1.56. The number of rotatable bonds is 5. The molecule has 1 amide bonds. The van der Waals surface area contributed by atoms with Gasteiger partial charge in [0.1, 0.15) is 5.25 Å². The number of nitrogens with zero attached hydrogens (tertiary/aromatic N) is 1. The largest absolute Gasteiger partial charge is 0.366 e. The van der Waals surface area contributed by atoms with Gasteiger partial charge in [-0.15, -0.1) is 0 Å². The van der Waals surface area contributed by atoms with Crippen molar-refractivity contribution in [2.45, 2.75) is 31.6 Å². The van der Waals surface area contributed by atoms with Gasteiger partial charge in [-0.05, 0) is 31.9 Å². The fourth-order valence-electron chi connectivity index (χ4n) is 2.52. The summed E-state index contributed by atoms with van der Waals surface area (Å²) in [6.45, 7) is 4.82. The Bertz CT molecular complexity index is 628. The average Bonchev–Trinajstić information content (AvgIpc) is 2.86. The maximum atomic E-state index is 11.8. The predicted octanol–water partition coefficient (Wildman–Crippen LogP) is 0.987. The van der Waals surface area contributed by atoms with E-state index in [1.54, 1.807) is 0 Å². The molecule has 0 saturated carbocycles. The van der Waals surface area contributed by atoms with Crippen LogP contribution >= 0.6 is 0 Å². The first-order valence-corrected chi connectivity index (χ1v) is 9.07. The Labute approximate surface area is 126 Å². The van der Waals surface area contributed by atoms with Gasteiger partial charge in [0.25, 0.3) is 0 Å². The first-order valence-electron chi connectivity index (χ1n) is 7.12. The molecule has 1 N–H and O–H groups in total. The highest BCUT2D eigenvalue weighted by Crippen LogP contribution is 2.28. The molecule has 2 atom stereocenters. The van der Waals surface area contributed by atoms with Crippen LogP contribution in [0.1, 0.15) is 19.4 Å². The summed E-state index contributed by atoms with van der Waals surface area (Å²) in [7, 11) is -3.34. The van der Waals surface area contributed by atoms with E-state index in [1.807, 2.05) is 19.1 Å². The number of sulfone groups is 1. The van der Waals surface area contributed by atoms with Gasteiger partial charge in [0, 0.05) is 31.1 Å². The van der Waals surface area contributed by atoms with E-state index in [0.29, 0.717) is 6.54 Å². The molecule has 1 aliphatic heterocycles. The van der Waals surface area contributed by atoms with Gasteiger partial charge in [0.2, 0.25) is 5.91 Å². The number of fused-ring (bicyclic) bond motifs is 1. The van der Waals surface area contributed by atoms with Crippen LogP contribution in [-0.4, -0.2) is 45.0 Å². The zero-order valence-corrected chi connectivity index (χ0v) is 13.5. The minimum Gasteiger partial charge on any atom is -0.366 e. The fraction of sp³-hybridized carbons (Fsp3) is 0.533. The summed E-state index contributed by atoms with van der Waals surface area (Å²) in [5.74, 6) is -0.433. The van der Waals surface area contributed by atoms with Crippen molar-refractivity contribution in [2.24, 2.45) is 0 Å². The number of hydrogen-bond donors (Lipinski definition) is 1. The minimum atomic E-state index is -3.34. The van der Waals surface area contributed by atoms with Crippen molar-refractivity contribution in [3.63, 3.8) is 0 Å². The van der Waals surface area contributed by atoms with E-state index < -0.39 is 21.0 Å². The number of carbonyl (C=O) groups is 1. The molecule has 0 bridgehead atoms. The van der Waals surface area contributed by atoms with Crippen LogP contribution in [0.25, 0.3) is 0 Å². The quantitative estimate of drug-likeness (QED) is 0.880. The van der Waals surface area contributed by atoms with E-state index in [1.165, 1.54) is 18.2 Å². The SMILES string of the molecule is C[C@@H](CNC(=O)[C@H](C)S(C)(=O)=O)N1CCc2ccccc21. The molecule has 6 heteroatoms. The lowest BCUT2D eigenvalue weighted by atomic mass is 10.2. The first kappa shape index (κ1) is 15.8. The maximum absolute atomic E-state index is 11.8. The third kappa shape index (κ3) is 3.56. The van der Waals surface area contributed by atoms with Gasteiger partial charge in [-0.25, -0.2) is 8.42 Å². The Morgan fingerprint density at radius 1 is 1.33 bits per heavy atom. The number of amides is 1. The second-order valence-corrected chi connectivity index (χ2v) is 8.00. The van der Waals surface area contributed by atoms with Crippen LogP contribution in [0.15, 0.2) is 24.3 Å². The van der Waals surface area contributed by atoms with E-state index in [9.17, 15) is 13.2 Å². The lowest BCUT2D eigenvalue weighted by Crippen LogP contribution is -2.45. The van der Waals surface area contributed by atoms with E-state index in [2.05, 4.69) is 22.3 Å². The molecule has 2 rings (SSSR count). The van der Waals surface area contributed by atoms with E-state index >= 15 is 0 Å². The Kier molecular flexibility index (Phi) is 4.56. The molecule has 21 heavy (non-hydrogen) atoms. The molecule has 0 spiro atoms. The van der Waals surface area contributed by atoms with Gasteiger partial charge in [-0.2, -0.15) is 0 Å². The molecule has 5 nitrogen and oxygen atoms in total. The van der Waals surface area contributed by atoms with Crippen molar-refractivity contribution >= 4 is 21.4 Å². The van der Waals surface area contributed by atoms with Crippen LogP contribution in [0, 0.1) is 0 Å². The second-order valence-electron chi connectivity index (χ2n) is 5.64. The zero-order valence-electron chi connectivity index (χ0n) is 12.7. The summed E-state index contributed by atoms with van der Waals surface area (Å²) in [5, 5.41) is 1.73. The molecule has 1 aromatic carbocycles. The molecule has 1 aliphatic rings. The standard InChI is InChI=1S/C15H22N2O3S/c1-11(10-16-15(18)12(2)21(3,19)20)17-9-8-13-6-4-5-7-14(13)17/h4-7,11-12H,8-10H2,1-3H3,(H,16,18)/t11-,12-/m0/s1. The van der Waals surface area contributed by atoms with E-state index in [0.717, 1.165) is 19.2 Å². The monoisotopic (exact) mass is 310 g/mol. The Balaban J connectivity index is 1.95. The molecule has 0 fully saturated rings. The lowest BCUT2D eigenvalue weighted by molar-refractivity contribution is -0.120. The summed E-state index contributed by atoms with van der Waals surface area (Å²) in [5.41, 5.74) is 2.52. The van der Waals surface area contributed by atoms with E-state index in [4.69, 9.17) is 0 Å². The molecule has 0 radical (unpaired) electrons. The Morgan fingerprint density at radius 2 is 2.00 bits per heavy atom. The van der Waals surface area contributed by atoms with Crippen molar-refractivity contribution in [1.82, 2.24) is 5.32 Å². The number of para-hydroxylation sites is 1. The molecule has 0 aromatic heterocycles. The highest BCUT2D eigenvalue weighted by molar-refractivity contribution is 7.92. The molecule has 1 aromatic rings. The van der Waals surface area contributed by atoms with Crippen molar-refractivity contribution in [1.29, 1.82) is 0 Å². The number of carbonyl (C=O) groups excluding carboxylic acids is 1. The van der Waals surface area contributed by atoms with Crippen molar-refractivity contribution in [3.05, 3.63) is 29.8 Å². The normalized spacial score (nSPS) is 17.2. The van der Waals surface area contributed by atoms with Gasteiger partial charge >= 0.3 is 0 Å². The Morgan fingerprint density at radius 3 is 2.67 bits per heavy atom. The smallest absolute Gasteiger partial charge is 0.238 e. The number of benzene rings is 1. The van der Waals surface area contributed by atoms with Crippen LogP contribution in [0.5, 0.6) is 0 Å². The van der Waals surface area contributed by atoms with Crippen LogP contribution in [-0.2, 0) is 21.1 Å². The molecular weight excluding hydrogens is 288 g/mol. The predicted molar refractivity (Wildman–Crippen MR) is 84.3 cm³/mol. The summed E-state index contributed by atoms with van der Waals surface area (Å²) in [4.78, 5) is 14.1. The van der Waals surface area contributed by atoms with Crippen LogP contribution in [0.4, 0.5) is 5.69 Å². The second kappa shape index (κ2) is 6.05. The molecule has 0 unspecified atom stereocenters. The zero-order chi connectivity index (χ0) is 15.6. The van der Waals surface area contributed by atoms with Crippen molar-refractivity contribution in [3.8, 4) is 0 Å². The highest BCUT2D eigenvalue weighted by Gasteiger charge is 2.26. The molecule has 1 heterocycles. The summed E-state index contributed by atoms with van der Waals surface area (Å²) in [6, 6.07) is 8.37. The number of anilines is 1. The van der Waals surface area contributed by atoms with Gasteiger partial charge in [-0.3, -0.25) is 4.79 Å². The minimum absolute atomic E-state index is 0.129. The third-order valence-corrected chi connectivity index (χ3v) is 5.54. The van der Waals surface area contributed by atoms with Crippen LogP contribution in [0.2, 0.25) is 0 Å². The maximum Gasteiger partial charge on any atom is 0.238 e. The lowest BCUT2D eigenvalue weighted by Gasteiger charge is -2.27. The molecule has 0 saturated heterocycles. The number of hydrogen-bond acceptors (Lipinski definition) is 4. The topological polar surface area (TPSA) is 66.5 Å². The van der Waals surface area contributed by atoms with Gasteiger partial charge < -0.3 is 10.2 Å². The molecule has 116 valence electrons. The highest BCUT2D eigenvalue weighted by atomic mass is 32.2. The molecule has 0 aliphatic carbocycles. The van der Waals surface area contributed by atoms with E-state index in [-0.39, 0.29) is 6.04 Å². The molecular formula is C15H22N2O3S.